The molecule has 0 aliphatic rings. The van der Waals surface area contributed by atoms with Gasteiger partial charge < -0.3 is 0 Å². The standard InChI is InChI=1S/C17H18N2O/c1-2-3-9-17(20)14-10-12-16(13-11-14)19-18-15-7-5-4-6-8-15/h4-8,10-13H,2-3,9H2,1H3. The maximum atomic E-state index is 11.8. The Hall–Kier alpha value is -2.29. The van der Waals surface area contributed by atoms with Gasteiger partial charge in [-0.05, 0) is 42.8 Å². The molecule has 102 valence electrons. The van der Waals surface area contributed by atoms with E-state index in [1.807, 2.05) is 54.6 Å². The van der Waals surface area contributed by atoms with Gasteiger partial charge in [-0.1, -0.05) is 31.5 Å². The van der Waals surface area contributed by atoms with E-state index < -0.39 is 0 Å². The number of unbranched alkanes of at least 4 members (excludes halogenated alkanes) is 1. The van der Waals surface area contributed by atoms with Crippen LogP contribution in [-0.4, -0.2) is 5.78 Å². The summed E-state index contributed by atoms with van der Waals surface area (Å²) >= 11 is 0. The first-order valence-corrected chi connectivity index (χ1v) is 6.89. The lowest BCUT2D eigenvalue weighted by Crippen LogP contribution is -1.97. The molecule has 0 bridgehead atoms. The summed E-state index contributed by atoms with van der Waals surface area (Å²) < 4.78 is 0. The van der Waals surface area contributed by atoms with Gasteiger partial charge in [0, 0.05) is 12.0 Å². The van der Waals surface area contributed by atoms with Gasteiger partial charge in [-0.15, -0.1) is 0 Å². The van der Waals surface area contributed by atoms with E-state index in [1.165, 1.54) is 0 Å². The third kappa shape index (κ3) is 4.12. The number of ketones is 1. The van der Waals surface area contributed by atoms with Crippen LogP contribution in [0.15, 0.2) is 64.8 Å². The van der Waals surface area contributed by atoms with Crippen LogP contribution < -0.4 is 0 Å². The Labute approximate surface area is 119 Å². The average Bonchev–Trinajstić information content (AvgIpc) is 2.52. The Morgan fingerprint density at radius 2 is 1.50 bits per heavy atom. The molecule has 0 aliphatic heterocycles. The van der Waals surface area contributed by atoms with E-state index in [0.717, 1.165) is 29.8 Å². The molecule has 0 aliphatic carbocycles. The van der Waals surface area contributed by atoms with Crippen LogP contribution in [0, 0.1) is 0 Å². The van der Waals surface area contributed by atoms with E-state index >= 15 is 0 Å². The Balaban J connectivity index is 2.01. The maximum absolute atomic E-state index is 11.8. The predicted octanol–water partition coefficient (Wildman–Crippen LogP) is 5.47. The van der Waals surface area contributed by atoms with Crippen LogP contribution in [0.4, 0.5) is 11.4 Å². The zero-order valence-corrected chi connectivity index (χ0v) is 11.6. The minimum atomic E-state index is 0.193. The molecule has 0 saturated heterocycles. The largest absolute Gasteiger partial charge is 0.294 e. The molecule has 3 nitrogen and oxygen atoms in total. The zero-order chi connectivity index (χ0) is 14.2. The highest BCUT2D eigenvalue weighted by atomic mass is 16.1. The van der Waals surface area contributed by atoms with Crippen LogP contribution in [0.3, 0.4) is 0 Å². The predicted molar refractivity (Wildman–Crippen MR) is 80.9 cm³/mol. The highest BCUT2D eigenvalue weighted by Gasteiger charge is 2.04. The summed E-state index contributed by atoms with van der Waals surface area (Å²) in [5.41, 5.74) is 2.31. The van der Waals surface area contributed by atoms with Crippen molar-refractivity contribution in [2.45, 2.75) is 26.2 Å². The SMILES string of the molecule is CCCCC(=O)c1ccc(N=Nc2ccccc2)cc1. The number of carbonyl (C=O) groups is 1. The van der Waals surface area contributed by atoms with Crippen molar-refractivity contribution in [3.63, 3.8) is 0 Å². The first kappa shape index (κ1) is 14.1. The fourth-order valence-electron chi connectivity index (χ4n) is 1.81. The lowest BCUT2D eigenvalue weighted by Gasteiger charge is -2.00. The van der Waals surface area contributed by atoms with Gasteiger partial charge in [-0.3, -0.25) is 4.79 Å². The molecule has 2 rings (SSSR count). The maximum Gasteiger partial charge on any atom is 0.162 e. The lowest BCUT2D eigenvalue weighted by molar-refractivity contribution is 0.0980. The summed E-state index contributed by atoms with van der Waals surface area (Å²) in [4.78, 5) is 11.8. The molecule has 0 fully saturated rings. The van der Waals surface area contributed by atoms with E-state index in [1.54, 1.807) is 0 Å². The highest BCUT2D eigenvalue weighted by Crippen LogP contribution is 2.19. The lowest BCUT2D eigenvalue weighted by atomic mass is 10.1. The van der Waals surface area contributed by atoms with Crippen molar-refractivity contribution >= 4 is 17.2 Å². The molecule has 0 atom stereocenters. The van der Waals surface area contributed by atoms with Crippen molar-refractivity contribution in [3.8, 4) is 0 Å². The third-order valence-corrected chi connectivity index (χ3v) is 2.98. The van der Waals surface area contributed by atoms with Crippen LogP contribution in [0.5, 0.6) is 0 Å². The number of nitrogens with zero attached hydrogens (tertiary/aromatic N) is 2. The second-order valence-electron chi connectivity index (χ2n) is 4.61. The molecular formula is C17H18N2O. The number of rotatable bonds is 6. The molecule has 0 N–H and O–H groups in total. The van der Waals surface area contributed by atoms with Crippen molar-refractivity contribution in [3.05, 3.63) is 60.2 Å². The molecule has 0 heterocycles. The summed E-state index contributed by atoms with van der Waals surface area (Å²) in [6, 6.07) is 16.9. The number of hydrogen-bond acceptors (Lipinski definition) is 3. The van der Waals surface area contributed by atoms with Gasteiger partial charge in [0.2, 0.25) is 0 Å². The van der Waals surface area contributed by atoms with Gasteiger partial charge in [0.05, 0.1) is 11.4 Å². The van der Waals surface area contributed by atoms with Gasteiger partial charge in [0.15, 0.2) is 5.78 Å². The quantitative estimate of drug-likeness (QED) is 0.504. The minimum absolute atomic E-state index is 0.193. The highest BCUT2D eigenvalue weighted by molar-refractivity contribution is 5.96. The number of carbonyl (C=O) groups excluding carboxylic acids is 1. The number of benzene rings is 2. The van der Waals surface area contributed by atoms with Crippen LogP contribution in [0.1, 0.15) is 36.5 Å². The van der Waals surface area contributed by atoms with Gasteiger partial charge in [-0.2, -0.15) is 10.2 Å². The number of azo groups is 1. The fraction of sp³-hybridized carbons (Fsp3) is 0.235. The van der Waals surface area contributed by atoms with E-state index in [-0.39, 0.29) is 5.78 Å². The summed E-state index contributed by atoms with van der Waals surface area (Å²) in [6.07, 6.45) is 2.59. The molecule has 2 aromatic rings. The summed E-state index contributed by atoms with van der Waals surface area (Å²) in [5.74, 6) is 0.193. The minimum Gasteiger partial charge on any atom is -0.294 e. The second-order valence-corrected chi connectivity index (χ2v) is 4.61. The van der Waals surface area contributed by atoms with E-state index in [9.17, 15) is 4.79 Å². The van der Waals surface area contributed by atoms with Gasteiger partial charge in [-0.25, -0.2) is 0 Å². The number of hydrogen-bond donors (Lipinski definition) is 0. The fourth-order valence-corrected chi connectivity index (χ4v) is 1.81. The van der Waals surface area contributed by atoms with Crippen LogP contribution >= 0.6 is 0 Å². The van der Waals surface area contributed by atoms with Crippen LogP contribution in [-0.2, 0) is 0 Å². The molecule has 0 radical (unpaired) electrons. The Morgan fingerprint density at radius 3 is 2.10 bits per heavy atom. The molecule has 0 aromatic heterocycles. The van der Waals surface area contributed by atoms with Crippen LogP contribution in [0.25, 0.3) is 0 Å². The summed E-state index contributed by atoms with van der Waals surface area (Å²) in [5, 5.41) is 8.29. The van der Waals surface area contributed by atoms with Crippen molar-refractivity contribution in [1.82, 2.24) is 0 Å². The van der Waals surface area contributed by atoms with Crippen molar-refractivity contribution in [2.75, 3.05) is 0 Å². The summed E-state index contributed by atoms with van der Waals surface area (Å²) in [7, 11) is 0. The number of Topliss-reactive ketones (excluding diaryl/α,β-unsaturated/α-hetero) is 1. The smallest absolute Gasteiger partial charge is 0.162 e. The molecule has 3 heteroatoms. The molecule has 0 unspecified atom stereocenters. The topological polar surface area (TPSA) is 41.8 Å². The van der Waals surface area contributed by atoms with Crippen molar-refractivity contribution in [2.24, 2.45) is 10.2 Å². The Morgan fingerprint density at radius 1 is 0.900 bits per heavy atom. The molecule has 0 saturated carbocycles. The molecule has 0 amide bonds. The molecule has 2 aromatic carbocycles. The first-order valence-electron chi connectivity index (χ1n) is 6.89. The molecule has 20 heavy (non-hydrogen) atoms. The first-order chi connectivity index (χ1) is 9.79. The average molecular weight is 266 g/mol. The monoisotopic (exact) mass is 266 g/mol. The van der Waals surface area contributed by atoms with Crippen molar-refractivity contribution < 1.29 is 4.79 Å². The molecule has 0 spiro atoms. The Kier molecular flexibility index (Phi) is 5.18. The van der Waals surface area contributed by atoms with Gasteiger partial charge in [0.1, 0.15) is 0 Å². The normalized spacial score (nSPS) is 10.8. The van der Waals surface area contributed by atoms with Gasteiger partial charge in [0.25, 0.3) is 0 Å². The zero-order valence-electron chi connectivity index (χ0n) is 11.6. The summed E-state index contributed by atoms with van der Waals surface area (Å²) in [6.45, 7) is 2.08. The second kappa shape index (κ2) is 7.34. The molecular weight excluding hydrogens is 248 g/mol. The Bertz CT molecular complexity index is 574. The third-order valence-electron chi connectivity index (χ3n) is 2.98. The van der Waals surface area contributed by atoms with E-state index in [4.69, 9.17) is 0 Å². The van der Waals surface area contributed by atoms with Crippen molar-refractivity contribution in [1.29, 1.82) is 0 Å². The van der Waals surface area contributed by atoms with E-state index in [0.29, 0.717) is 6.42 Å². The van der Waals surface area contributed by atoms with E-state index in [2.05, 4.69) is 17.2 Å². The van der Waals surface area contributed by atoms with Gasteiger partial charge >= 0.3 is 0 Å². The van der Waals surface area contributed by atoms with Crippen LogP contribution in [0.2, 0.25) is 0 Å².